The maximum absolute atomic E-state index is 2.32. The molecule has 0 radical (unpaired) electrons. The number of hydrogen-bond acceptors (Lipinski definition) is 0. The van der Waals surface area contributed by atoms with E-state index >= 15 is 0 Å². The van der Waals surface area contributed by atoms with Crippen LogP contribution >= 0.6 is 0 Å². The number of aryl methyl sites for hydroxylation is 1. The van der Waals surface area contributed by atoms with Crippen LogP contribution in [-0.4, -0.2) is 0 Å². The summed E-state index contributed by atoms with van der Waals surface area (Å²) in [5.41, 5.74) is 5.94. The molecule has 0 heterocycles. The summed E-state index contributed by atoms with van der Waals surface area (Å²) in [6.45, 7) is 11.6. The molecule has 0 aliphatic carbocycles. The smallest absolute Gasteiger partial charge is 0.0126 e. The van der Waals surface area contributed by atoms with E-state index < -0.39 is 0 Å². The lowest BCUT2D eigenvalue weighted by molar-refractivity contribution is 0.527. The normalized spacial score (nSPS) is 11.9. The predicted octanol–water partition coefficient (Wildman–Crippen LogP) is 7.41. The average molecular weight is 323 g/mol. The zero-order valence-corrected chi connectivity index (χ0v) is 16.2. The molecular formula is C24H34. The van der Waals surface area contributed by atoms with Crippen molar-refractivity contribution < 1.29 is 0 Å². The highest BCUT2D eigenvalue weighted by Crippen LogP contribution is 2.35. The number of unbranched alkanes of at least 4 members (excludes halogenated alkanes) is 2. The predicted molar refractivity (Wildman–Crippen MR) is 108 cm³/mol. The molecule has 0 spiro atoms. The van der Waals surface area contributed by atoms with Gasteiger partial charge in [0.1, 0.15) is 0 Å². The molecule has 0 unspecified atom stereocenters. The summed E-state index contributed by atoms with van der Waals surface area (Å²) in [6, 6.07) is 17.9. The maximum Gasteiger partial charge on any atom is -0.0126 e. The van der Waals surface area contributed by atoms with Crippen molar-refractivity contribution in [2.45, 2.75) is 72.1 Å². The SMILES string of the molecule is CC(C)CCCCCc1ccccc1-c1ccccc1C(C)(C)C. The molecule has 0 aliphatic rings. The monoisotopic (exact) mass is 322 g/mol. The summed E-state index contributed by atoms with van der Waals surface area (Å²) in [5, 5.41) is 0. The van der Waals surface area contributed by atoms with Crippen molar-refractivity contribution in [3.63, 3.8) is 0 Å². The first-order valence-electron chi connectivity index (χ1n) is 9.57. The van der Waals surface area contributed by atoms with Gasteiger partial charge in [0.15, 0.2) is 0 Å². The fraction of sp³-hybridized carbons (Fsp3) is 0.500. The second kappa shape index (κ2) is 8.51. The van der Waals surface area contributed by atoms with Crippen LogP contribution in [0, 0.1) is 5.92 Å². The van der Waals surface area contributed by atoms with E-state index in [0.717, 1.165) is 5.92 Å². The van der Waals surface area contributed by atoms with Crippen LogP contribution in [0.5, 0.6) is 0 Å². The van der Waals surface area contributed by atoms with Gasteiger partial charge in [0.25, 0.3) is 0 Å². The van der Waals surface area contributed by atoms with E-state index in [-0.39, 0.29) is 5.41 Å². The molecule has 0 nitrogen and oxygen atoms in total. The van der Waals surface area contributed by atoms with Crippen LogP contribution in [0.3, 0.4) is 0 Å². The Kier molecular flexibility index (Phi) is 6.66. The molecule has 0 aromatic heterocycles. The molecule has 0 N–H and O–H groups in total. The Morgan fingerprint density at radius 3 is 2.04 bits per heavy atom. The van der Waals surface area contributed by atoms with Gasteiger partial charge in [-0.2, -0.15) is 0 Å². The van der Waals surface area contributed by atoms with E-state index in [9.17, 15) is 0 Å². The Bertz CT molecular complexity index is 628. The van der Waals surface area contributed by atoms with Crippen LogP contribution in [0.4, 0.5) is 0 Å². The van der Waals surface area contributed by atoms with Gasteiger partial charge in [-0.3, -0.25) is 0 Å². The van der Waals surface area contributed by atoms with Gasteiger partial charge in [-0.1, -0.05) is 102 Å². The molecule has 0 aliphatic heterocycles. The zero-order valence-electron chi connectivity index (χ0n) is 16.2. The molecule has 0 bridgehead atoms. The molecule has 130 valence electrons. The molecule has 2 aromatic rings. The topological polar surface area (TPSA) is 0 Å². The number of rotatable bonds is 7. The standard InChI is InChI=1S/C24H34/c1-19(2)13-7-6-8-14-20-15-9-10-16-21(20)22-17-11-12-18-23(22)24(3,4)5/h9-12,15-19H,6-8,13-14H2,1-5H3. The van der Waals surface area contributed by atoms with Gasteiger partial charge in [-0.05, 0) is 46.4 Å². The Morgan fingerprint density at radius 2 is 1.38 bits per heavy atom. The second-order valence-corrected chi connectivity index (χ2v) is 8.45. The van der Waals surface area contributed by atoms with E-state index in [1.54, 1.807) is 0 Å². The first-order chi connectivity index (χ1) is 11.4. The first-order valence-corrected chi connectivity index (χ1v) is 9.57. The van der Waals surface area contributed by atoms with Crippen LogP contribution in [0.25, 0.3) is 11.1 Å². The third-order valence-corrected chi connectivity index (χ3v) is 4.77. The fourth-order valence-corrected chi connectivity index (χ4v) is 3.42. The van der Waals surface area contributed by atoms with Crippen LogP contribution < -0.4 is 0 Å². The van der Waals surface area contributed by atoms with Gasteiger partial charge in [0.05, 0.1) is 0 Å². The van der Waals surface area contributed by atoms with E-state index in [4.69, 9.17) is 0 Å². The van der Waals surface area contributed by atoms with Crippen molar-refractivity contribution >= 4 is 0 Å². The zero-order chi connectivity index (χ0) is 17.6. The summed E-state index contributed by atoms with van der Waals surface area (Å²) in [5.74, 6) is 0.830. The maximum atomic E-state index is 2.32. The highest BCUT2D eigenvalue weighted by Gasteiger charge is 2.19. The minimum Gasteiger partial charge on any atom is -0.0628 e. The van der Waals surface area contributed by atoms with Gasteiger partial charge in [-0.15, -0.1) is 0 Å². The highest BCUT2D eigenvalue weighted by molar-refractivity contribution is 5.71. The van der Waals surface area contributed by atoms with Gasteiger partial charge in [0, 0.05) is 0 Å². The summed E-state index contributed by atoms with van der Waals surface area (Å²) < 4.78 is 0. The third-order valence-electron chi connectivity index (χ3n) is 4.77. The lowest BCUT2D eigenvalue weighted by atomic mass is 9.80. The third kappa shape index (κ3) is 5.23. The van der Waals surface area contributed by atoms with E-state index in [2.05, 4.69) is 83.1 Å². The van der Waals surface area contributed by atoms with Crippen molar-refractivity contribution in [3.05, 3.63) is 59.7 Å². The molecule has 24 heavy (non-hydrogen) atoms. The van der Waals surface area contributed by atoms with Crippen molar-refractivity contribution in [1.82, 2.24) is 0 Å². The van der Waals surface area contributed by atoms with Crippen LogP contribution in [0.2, 0.25) is 0 Å². The van der Waals surface area contributed by atoms with Gasteiger partial charge in [-0.25, -0.2) is 0 Å². The molecule has 0 saturated carbocycles. The van der Waals surface area contributed by atoms with Crippen molar-refractivity contribution in [2.24, 2.45) is 5.92 Å². The minimum atomic E-state index is 0.168. The average Bonchev–Trinajstić information content (AvgIpc) is 2.54. The minimum absolute atomic E-state index is 0.168. The van der Waals surface area contributed by atoms with Crippen molar-refractivity contribution in [1.29, 1.82) is 0 Å². The first kappa shape index (κ1) is 18.8. The Balaban J connectivity index is 2.18. The molecule has 0 amide bonds. The molecular weight excluding hydrogens is 288 g/mol. The summed E-state index contributed by atoms with van der Waals surface area (Å²) in [4.78, 5) is 0. The van der Waals surface area contributed by atoms with Crippen molar-refractivity contribution in [3.8, 4) is 11.1 Å². The van der Waals surface area contributed by atoms with E-state index in [0.29, 0.717) is 0 Å². The summed E-state index contributed by atoms with van der Waals surface area (Å²) in [6.07, 6.45) is 6.54. The highest BCUT2D eigenvalue weighted by atomic mass is 14.2. The molecule has 0 atom stereocenters. The van der Waals surface area contributed by atoms with Gasteiger partial charge >= 0.3 is 0 Å². The second-order valence-electron chi connectivity index (χ2n) is 8.45. The molecule has 2 rings (SSSR count). The lowest BCUT2D eigenvalue weighted by Gasteiger charge is -2.24. The number of benzene rings is 2. The summed E-state index contributed by atoms with van der Waals surface area (Å²) >= 11 is 0. The van der Waals surface area contributed by atoms with Crippen LogP contribution in [0.1, 0.15) is 71.4 Å². The summed E-state index contributed by atoms with van der Waals surface area (Å²) in [7, 11) is 0. The Labute approximate surface area is 149 Å². The largest absolute Gasteiger partial charge is 0.0628 e. The van der Waals surface area contributed by atoms with Crippen molar-refractivity contribution in [2.75, 3.05) is 0 Å². The van der Waals surface area contributed by atoms with Gasteiger partial charge < -0.3 is 0 Å². The Morgan fingerprint density at radius 1 is 0.750 bits per heavy atom. The van der Waals surface area contributed by atoms with Crippen LogP contribution in [0.15, 0.2) is 48.5 Å². The van der Waals surface area contributed by atoms with Crippen LogP contribution in [-0.2, 0) is 11.8 Å². The van der Waals surface area contributed by atoms with E-state index in [1.165, 1.54) is 54.4 Å². The Hall–Kier alpha value is -1.56. The molecule has 0 fully saturated rings. The number of hydrogen-bond donors (Lipinski definition) is 0. The van der Waals surface area contributed by atoms with E-state index in [1.807, 2.05) is 0 Å². The fourth-order valence-electron chi connectivity index (χ4n) is 3.42. The molecule has 2 aromatic carbocycles. The lowest BCUT2D eigenvalue weighted by Crippen LogP contribution is -2.12. The molecule has 0 saturated heterocycles. The quantitative estimate of drug-likeness (QED) is 0.465. The molecule has 0 heteroatoms. The van der Waals surface area contributed by atoms with Gasteiger partial charge in [0.2, 0.25) is 0 Å².